The molecule has 0 aliphatic heterocycles. The Bertz CT molecular complexity index is 1280. The summed E-state index contributed by atoms with van der Waals surface area (Å²) < 4.78 is 14.1. The van der Waals surface area contributed by atoms with Gasteiger partial charge < -0.3 is 15.7 Å². The average Bonchev–Trinajstić information content (AvgIpc) is 3.38. The number of benzene rings is 2. The molecule has 2 aromatic carbocycles. The maximum Gasteiger partial charge on any atom is 0.326 e. The van der Waals surface area contributed by atoms with Gasteiger partial charge in [0, 0.05) is 11.9 Å². The third kappa shape index (κ3) is 4.76. The van der Waals surface area contributed by atoms with Crippen molar-refractivity contribution in [1.82, 2.24) is 15.3 Å². The third-order valence-electron chi connectivity index (χ3n) is 4.69. The Balaban J connectivity index is 1.45. The van der Waals surface area contributed by atoms with Gasteiger partial charge in [0.15, 0.2) is 10.1 Å². The Morgan fingerprint density at radius 2 is 1.84 bits per heavy atom. The topological polar surface area (TPSA) is 104 Å². The number of amides is 1. The highest BCUT2D eigenvalue weighted by atomic mass is 32.1. The summed E-state index contributed by atoms with van der Waals surface area (Å²) in [5, 5.41) is 15.8. The lowest BCUT2D eigenvalue weighted by atomic mass is 10.1. The number of anilines is 2. The molecule has 1 unspecified atom stereocenters. The number of carboxylic acids is 1. The van der Waals surface area contributed by atoms with Gasteiger partial charge in [-0.1, -0.05) is 37.3 Å². The number of hydrogen-bond donors (Lipinski definition) is 3. The maximum atomic E-state index is 13.4. The van der Waals surface area contributed by atoms with Crippen LogP contribution in [0.4, 0.5) is 15.2 Å². The monoisotopic (exact) mass is 470 g/mol. The van der Waals surface area contributed by atoms with Gasteiger partial charge in [0.2, 0.25) is 0 Å². The number of nitrogens with zero attached hydrogens (tertiary/aromatic N) is 2. The van der Waals surface area contributed by atoms with E-state index in [0.717, 1.165) is 26.3 Å². The van der Waals surface area contributed by atoms with E-state index in [0.29, 0.717) is 5.13 Å². The molecule has 0 saturated heterocycles. The Morgan fingerprint density at radius 1 is 1.09 bits per heavy atom. The zero-order valence-electron chi connectivity index (χ0n) is 17.1. The lowest BCUT2D eigenvalue weighted by Gasteiger charge is -2.16. The number of carboxylic acid groups (broad SMARTS) is 1. The van der Waals surface area contributed by atoms with Crippen molar-refractivity contribution in [2.75, 3.05) is 5.32 Å². The Morgan fingerprint density at radius 3 is 2.53 bits per heavy atom. The molecule has 0 bridgehead atoms. The fraction of sp³-hybridized carbons (Fsp3) is 0.182. The fourth-order valence-electron chi connectivity index (χ4n) is 3.02. The standard InChI is InChI=1S/C22H19FN4O3S2/c1-11(2)18(21(29)30)27-19(28)20-24-10-17(31-20)12-3-6-14(7-4-12)25-22-26-15-8-5-13(23)9-16(15)32-22/h3-11,18H,1-2H3,(H,25,26)(H,27,28)(H,29,30). The molecule has 0 aliphatic carbocycles. The summed E-state index contributed by atoms with van der Waals surface area (Å²) in [4.78, 5) is 33.1. The van der Waals surface area contributed by atoms with Gasteiger partial charge in [-0.05, 0) is 41.8 Å². The van der Waals surface area contributed by atoms with E-state index in [1.54, 1.807) is 26.1 Å². The van der Waals surface area contributed by atoms with Crippen molar-refractivity contribution in [3.63, 3.8) is 0 Å². The van der Waals surface area contributed by atoms with Crippen molar-refractivity contribution < 1.29 is 19.1 Å². The van der Waals surface area contributed by atoms with E-state index in [4.69, 9.17) is 0 Å². The molecule has 0 fully saturated rings. The SMILES string of the molecule is CC(C)C(NC(=O)c1ncc(-c2ccc(Nc3nc4ccc(F)cc4s3)cc2)s1)C(=O)O. The number of carbonyl (C=O) groups excluding carboxylic acids is 1. The summed E-state index contributed by atoms with van der Waals surface area (Å²) in [5.41, 5.74) is 2.42. The summed E-state index contributed by atoms with van der Waals surface area (Å²) in [6.45, 7) is 3.46. The highest BCUT2D eigenvalue weighted by Gasteiger charge is 2.25. The number of fused-ring (bicyclic) bond motifs is 1. The van der Waals surface area contributed by atoms with Crippen molar-refractivity contribution in [2.45, 2.75) is 19.9 Å². The molecule has 2 heterocycles. The van der Waals surface area contributed by atoms with Gasteiger partial charge in [0.25, 0.3) is 5.91 Å². The number of rotatable bonds is 7. The molecule has 1 amide bonds. The van der Waals surface area contributed by atoms with E-state index in [1.165, 1.54) is 34.8 Å². The van der Waals surface area contributed by atoms with Crippen molar-refractivity contribution in [3.8, 4) is 10.4 Å². The molecule has 0 saturated carbocycles. The molecule has 0 spiro atoms. The molecule has 1 atom stereocenters. The molecule has 2 aromatic heterocycles. The molecule has 10 heteroatoms. The first-order valence-corrected chi connectivity index (χ1v) is 11.4. The highest BCUT2D eigenvalue weighted by molar-refractivity contribution is 7.22. The van der Waals surface area contributed by atoms with Crippen LogP contribution >= 0.6 is 22.7 Å². The molecular weight excluding hydrogens is 451 g/mol. The minimum absolute atomic E-state index is 0.204. The van der Waals surface area contributed by atoms with E-state index in [-0.39, 0.29) is 16.7 Å². The first kappa shape index (κ1) is 21.8. The van der Waals surface area contributed by atoms with Crippen molar-refractivity contribution in [3.05, 3.63) is 59.5 Å². The van der Waals surface area contributed by atoms with Gasteiger partial charge in [-0.25, -0.2) is 19.2 Å². The second-order valence-electron chi connectivity index (χ2n) is 7.40. The average molecular weight is 471 g/mol. The molecule has 3 N–H and O–H groups in total. The molecule has 0 radical (unpaired) electrons. The van der Waals surface area contributed by atoms with Crippen LogP contribution in [-0.4, -0.2) is 33.0 Å². The first-order valence-electron chi connectivity index (χ1n) is 9.73. The largest absolute Gasteiger partial charge is 0.480 e. The molecule has 0 aliphatic rings. The lowest BCUT2D eigenvalue weighted by molar-refractivity contribution is -0.140. The van der Waals surface area contributed by atoms with Crippen LogP contribution in [0.25, 0.3) is 20.7 Å². The molecule has 32 heavy (non-hydrogen) atoms. The van der Waals surface area contributed by atoms with E-state index in [9.17, 15) is 19.1 Å². The van der Waals surface area contributed by atoms with Crippen LogP contribution in [0, 0.1) is 11.7 Å². The van der Waals surface area contributed by atoms with Gasteiger partial charge in [0.1, 0.15) is 11.9 Å². The van der Waals surface area contributed by atoms with Crippen molar-refractivity contribution in [2.24, 2.45) is 5.92 Å². The van der Waals surface area contributed by atoms with Crippen LogP contribution in [0.15, 0.2) is 48.7 Å². The normalized spacial score (nSPS) is 12.1. The number of carbonyl (C=O) groups is 2. The van der Waals surface area contributed by atoms with Crippen LogP contribution in [0.5, 0.6) is 0 Å². The third-order valence-corrected chi connectivity index (χ3v) is 6.67. The number of aliphatic carboxylic acids is 1. The Kier molecular flexibility index (Phi) is 6.15. The summed E-state index contributed by atoms with van der Waals surface area (Å²) >= 11 is 2.56. The molecule has 4 rings (SSSR count). The maximum absolute atomic E-state index is 13.4. The Hall–Kier alpha value is -3.37. The van der Waals surface area contributed by atoms with Crippen LogP contribution in [0.3, 0.4) is 0 Å². The van der Waals surface area contributed by atoms with Crippen molar-refractivity contribution >= 4 is 55.6 Å². The second kappa shape index (κ2) is 9.01. The van der Waals surface area contributed by atoms with Crippen molar-refractivity contribution in [1.29, 1.82) is 0 Å². The summed E-state index contributed by atoms with van der Waals surface area (Å²) in [7, 11) is 0. The highest BCUT2D eigenvalue weighted by Crippen LogP contribution is 2.31. The van der Waals surface area contributed by atoms with Gasteiger partial charge >= 0.3 is 5.97 Å². The summed E-state index contributed by atoms with van der Waals surface area (Å²) in [5.74, 6) is -2.12. The zero-order chi connectivity index (χ0) is 22.8. The summed E-state index contributed by atoms with van der Waals surface area (Å²) in [6.07, 6.45) is 1.59. The van der Waals surface area contributed by atoms with E-state index in [2.05, 4.69) is 20.6 Å². The smallest absolute Gasteiger partial charge is 0.326 e. The molecule has 7 nitrogen and oxygen atoms in total. The van der Waals surface area contributed by atoms with E-state index >= 15 is 0 Å². The van der Waals surface area contributed by atoms with Crippen LogP contribution < -0.4 is 10.6 Å². The predicted octanol–water partition coefficient (Wildman–Crippen LogP) is 5.14. The lowest BCUT2D eigenvalue weighted by Crippen LogP contribution is -2.44. The van der Waals surface area contributed by atoms with E-state index in [1.807, 2.05) is 24.3 Å². The quantitative estimate of drug-likeness (QED) is 0.345. The Labute approximate surface area is 191 Å². The first-order chi connectivity index (χ1) is 15.3. The number of hydrogen-bond acceptors (Lipinski definition) is 7. The molecule has 164 valence electrons. The minimum atomic E-state index is -1.08. The molecular formula is C22H19FN4O3S2. The van der Waals surface area contributed by atoms with Gasteiger partial charge in [0.05, 0.1) is 15.1 Å². The van der Waals surface area contributed by atoms with Crippen LogP contribution in [0.2, 0.25) is 0 Å². The minimum Gasteiger partial charge on any atom is -0.480 e. The predicted molar refractivity (Wildman–Crippen MR) is 124 cm³/mol. The zero-order valence-corrected chi connectivity index (χ0v) is 18.8. The number of thiazole rings is 2. The van der Waals surface area contributed by atoms with E-state index < -0.39 is 17.9 Å². The number of aromatic nitrogens is 2. The number of halogens is 1. The van der Waals surface area contributed by atoms with Gasteiger partial charge in [-0.3, -0.25) is 4.79 Å². The second-order valence-corrected chi connectivity index (χ2v) is 9.46. The van der Waals surface area contributed by atoms with Crippen LogP contribution in [0.1, 0.15) is 23.6 Å². The van der Waals surface area contributed by atoms with Crippen LogP contribution in [-0.2, 0) is 4.79 Å². The fourth-order valence-corrected chi connectivity index (χ4v) is 4.76. The van der Waals surface area contributed by atoms with Gasteiger partial charge in [-0.2, -0.15) is 0 Å². The number of nitrogens with one attached hydrogen (secondary N) is 2. The van der Waals surface area contributed by atoms with Gasteiger partial charge in [-0.15, -0.1) is 11.3 Å². The molecule has 4 aromatic rings. The summed E-state index contributed by atoms with van der Waals surface area (Å²) in [6, 6.07) is 11.0.